The van der Waals surface area contributed by atoms with E-state index in [-0.39, 0.29) is 0 Å². The fourth-order valence-electron chi connectivity index (χ4n) is 1.14. The number of rotatable bonds is 4. The summed E-state index contributed by atoms with van der Waals surface area (Å²) < 4.78 is 1.07. The van der Waals surface area contributed by atoms with Gasteiger partial charge in [-0.2, -0.15) is 0 Å². The van der Waals surface area contributed by atoms with E-state index in [2.05, 4.69) is 34.6 Å². The summed E-state index contributed by atoms with van der Waals surface area (Å²) in [7, 11) is 0. The highest BCUT2D eigenvalue weighted by Gasteiger charge is 1.94. The van der Waals surface area contributed by atoms with Gasteiger partial charge in [-0.1, -0.05) is 46.2 Å². The number of allylic oxidation sites excluding steroid dienone is 1. The second-order valence-electron chi connectivity index (χ2n) is 3.00. The average molecular weight is 260 g/mol. The summed E-state index contributed by atoms with van der Waals surface area (Å²) >= 11 is 9.12. The van der Waals surface area contributed by atoms with Gasteiger partial charge in [-0.25, -0.2) is 0 Å². The highest BCUT2D eigenvalue weighted by atomic mass is 79.9. The first-order valence-electron chi connectivity index (χ1n) is 4.26. The number of hydrogen-bond donors (Lipinski definition) is 0. The average Bonchev–Trinajstić information content (AvgIpc) is 2.08. The van der Waals surface area contributed by atoms with Gasteiger partial charge in [-0.15, -0.1) is 0 Å². The third-order valence-electron chi connectivity index (χ3n) is 1.83. The SMILES string of the molecule is C=C(Br)CCCc1ccc(Cl)cc1. The van der Waals surface area contributed by atoms with Crippen molar-refractivity contribution in [2.24, 2.45) is 0 Å². The van der Waals surface area contributed by atoms with E-state index in [0.717, 1.165) is 28.8 Å². The minimum absolute atomic E-state index is 0.800. The molecule has 0 N–H and O–H groups in total. The largest absolute Gasteiger partial charge is 0.0889 e. The van der Waals surface area contributed by atoms with E-state index in [1.165, 1.54) is 5.56 Å². The lowest BCUT2D eigenvalue weighted by Gasteiger charge is -2.00. The minimum Gasteiger partial charge on any atom is -0.0889 e. The Morgan fingerprint density at radius 1 is 1.31 bits per heavy atom. The summed E-state index contributed by atoms with van der Waals surface area (Å²) in [5.74, 6) is 0. The van der Waals surface area contributed by atoms with Gasteiger partial charge in [0.1, 0.15) is 0 Å². The standard InChI is InChI=1S/C11H12BrCl/c1-9(12)3-2-4-10-5-7-11(13)8-6-10/h5-8H,1-4H2. The Kier molecular flexibility index (Phi) is 4.54. The van der Waals surface area contributed by atoms with Crippen LogP contribution in [0.2, 0.25) is 5.02 Å². The maximum atomic E-state index is 5.77. The molecule has 0 saturated heterocycles. The molecule has 0 unspecified atom stereocenters. The van der Waals surface area contributed by atoms with Gasteiger partial charge >= 0.3 is 0 Å². The molecule has 0 amide bonds. The van der Waals surface area contributed by atoms with Crippen LogP contribution in [0.15, 0.2) is 35.3 Å². The molecule has 0 saturated carbocycles. The molecular weight excluding hydrogens is 247 g/mol. The lowest BCUT2D eigenvalue weighted by atomic mass is 10.1. The van der Waals surface area contributed by atoms with E-state index < -0.39 is 0 Å². The quantitative estimate of drug-likeness (QED) is 0.743. The van der Waals surface area contributed by atoms with E-state index >= 15 is 0 Å². The molecule has 0 heterocycles. The predicted octanol–water partition coefficient (Wildman–Crippen LogP) is 4.57. The van der Waals surface area contributed by atoms with Crippen LogP contribution in [-0.4, -0.2) is 0 Å². The van der Waals surface area contributed by atoms with Crippen molar-refractivity contribution in [3.05, 3.63) is 45.9 Å². The van der Waals surface area contributed by atoms with Gasteiger partial charge in [0.2, 0.25) is 0 Å². The second-order valence-corrected chi connectivity index (χ2v) is 4.56. The molecule has 0 radical (unpaired) electrons. The molecule has 0 aliphatic rings. The molecule has 1 rings (SSSR count). The van der Waals surface area contributed by atoms with Crippen molar-refractivity contribution in [2.45, 2.75) is 19.3 Å². The molecule has 0 aromatic heterocycles. The molecule has 2 heteroatoms. The maximum Gasteiger partial charge on any atom is 0.0406 e. The van der Waals surface area contributed by atoms with Crippen LogP contribution in [0.3, 0.4) is 0 Å². The summed E-state index contributed by atoms with van der Waals surface area (Å²) in [5, 5.41) is 0.800. The molecule has 70 valence electrons. The molecule has 1 aromatic rings. The lowest BCUT2D eigenvalue weighted by Crippen LogP contribution is -1.84. The lowest BCUT2D eigenvalue weighted by molar-refractivity contribution is 0.839. The van der Waals surface area contributed by atoms with E-state index in [9.17, 15) is 0 Å². The fourth-order valence-corrected chi connectivity index (χ4v) is 1.54. The molecule has 0 spiro atoms. The molecule has 0 bridgehead atoms. The van der Waals surface area contributed by atoms with Crippen LogP contribution in [0, 0.1) is 0 Å². The first kappa shape index (κ1) is 10.8. The highest BCUT2D eigenvalue weighted by molar-refractivity contribution is 9.11. The van der Waals surface area contributed by atoms with Crippen LogP contribution >= 0.6 is 27.5 Å². The van der Waals surface area contributed by atoms with Gasteiger partial charge < -0.3 is 0 Å². The van der Waals surface area contributed by atoms with Crippen LogP contribution in [0.25, 0.3) is 0 Å². The molecule has 0 fully saturated rings. The van der Waals surface area contributed by atoms with Crippen LogP contribution in [0.1, 0.15) is 18.4 Å². The molecule has 0 aliphatic heterocycles. The van der Waals surface area contributed by atoms with Crippen LogP contribution in [0.5, 0.6) is 0 Å². The van der Waals surface area contributed by atoms with E-state index in [0.29, 0.717) is 0 Å². The Morgan fingerprint density at radius 3 is 2.46 bits per heavy atom. The van der Waals surface area contributed by atoms with Gasteiger partial charge in [0.25, 0.3) is 0 Å². The summed E-state index contributed by atoms with van der Waals surface area (Å²) in [4.78, 5) is 0. The molecule has 1 aromatic carbocycles. The number of aryl methyl sites for hydroxylation is 1. The Morgan fingerprint density at radius 2 is 1.92 bits per heavy atom. The van der Waals surface area contributed by atoms with Gasteiger partial charge in [0, 0.05) is 5.02 Å². The first-order chi connectivity index (χ1) is 6.18. The zero-order valence-corrected chi connectivity index (χ0v) is 9.74. The van der Waals surface area contributed by atoms with Gasteiger partial charge in [-0.3, -0.25) is 0 Å². The Balaban J connectivity index is 2.37. The second kappa shape index (κ2) is 5.46. The monoisotopic (exact) mass is 258 g/mol. The Labute approximate surface area is 92.7 Å². The molecule has 13 heavy (non-hydrogen) atoms. The maximum absolute atomic E-state index is 5.77. The van der Waals surface area contributed by atoms with Crippen molar-refractivity contribution in [3.8, 4) is 0 Å². The van der Waals surface area contributed by atoms with Gasteiger partial charge in [0.15, 0.2) is 0 Å². The van der Waals surface area contributed by atoms with Crippen molar-refractivity contribution in [3.63, 3.8) is 0 Å². The molecule has 0 aliphatic carbocycles. The topological polar surface area (TPSA) is 0 Å². The molecule has 0 nitrogen and oxygen atoms in total. The Bertz CT molecular complexity index is 277. The van der Waals surface area contributed by atoms with Crippen molar-refractivity contribution >= 4 is 27.5 Å². The fraction of sp³-hybridized carbons (Fsp3) is 0.273. The van der Waals surface area contributed by atoms with Crippen LogP contribution in [0.4, 0.5) is 0 Å². The smallest absolute Gasteiger partial charge is 0.0406 e. The summed E-state index contributed by atoms with van der Waals surface area (Å²) in [5.41, 5.74) is 1.33. The highest BCUT2D eigenvalue weighted by Crippen LogP contribution is 2.15. The number of benzene rings is 1. The molecular formula is C11H12BrCl. The van der Waals surface area contributed by atoms with E-state index in [1.54, 1.807) is 0 Å². The first-order valence-corrected chi connectivity index (χ1v) is 5.43. The molecule has 0 atom stereocenters. The third-order valence-corrected chi connectivity index (χ3v) is 2.48. The number of halogens is 2. The van der Waals surface area contributed by atoms with E-state index in [1.807, 2.05) is 12.1 Å². The summed E-state index contributed by atoms with van der Waals surface area (Å²) in [6, 6.07) is 8.00. The third kappa shape index (κ3) is 4.49. The zero-order chi connectivity index (χ0) is 9.68. The zero-order valence-electron chi connectivity index (χ0n) is 7.39. The van der Waals surface area contributed by atoms with Crippen molar-refractivity contribution in [1.82, 2.24) is 0 Å². The van der Waals surface area contributed by atoms with Crippen molar-refractivity contribution < 1.29 is 0 Å². The van der Waals surface area contributed by atoms with Gasteiger partial charge in [0.05, 0.1) is 0 Å². The minimum atomic E-state index is 0.800. The Hall–Kier alpha value is -0.270. The van der Waals surface area contributed by atoms with Crippen LogP contribution in [-0.2, 0) is 6.42 Å². The van der Waals surface area contributed by atoms with Crippen molar-refractivity contribution in [1.29, 1.82) is 0 Å². The van der Waals surface area contributed by atoms with Gasteiger partial charge in [-0.05, 0) is 41.4 Å². The van der Waals surface area contributed by atoms with Crippen LogP contribution < -0.4 is 0 Å². The van der Waals surface area contributed by atoms with E-state index in [4.69, 9.17) is 11.6 Å². The predicted molar refractivity (Wildman–Crippen MR) is 62.5 cm³/mol. The van der Waals surface area contributed by atoms with Crippen molar-refractivity contribution in [2.75, 3.05) is 0 Å². The summed E-state index contributed by atoms with van der Waals surface area (Å²) in [6.07, 6.45) is 3.25. The number of hydrogen-bond acceptors (Lipinski definition) is 0. The summed E-state index contributed by atoms with van der Waals surface area (Å²) in [6.45, 7) is 3.80. The normalized spacial score (nSPS) is 10.0.